The van der Waals surface area contributed by atoms with Crippen molar-refractivity contribution in [2.24, 2.45) is 5.92 Å². The molecule has 2 aromatic rings. The lowest BCUT2D eigenvalue weighted by molar-refractivity contribution is 0.334. The van der Waals surface area contributed by atoms with E-state index >= 15 is 0 Å². The highest BCUT2D eigenvalue weighted by Gasteiger charge is 2.22. The summed E-state index contributed by atoms with van der Waals surface area (Å²) >= 11 is 0. The lowest BCUT2D eigenvalue weighted by atomic mass is 9.99. The molecule has 0 saturated heterocycles. The average Bonchev–Trinajstić information content (AvgIpc) is 3.02. The number of fused-ring (bicyclic) bond motifs is 1. The molecule has 0 saturated carbocycles. The maximum Gasteiger partial charge on any atom is 0.208 e. The second-order valence-corrected chi connectivity index (χ2v) is 5.78. The molecular weight excluding hydrogens is 266 g/mol. The zero-order valence-electron chi connectivity index (χ0n) is 13.0. The summed E-state index contributed by atoms with van der Waals surface area (Å²) < 4.78 is 7.87. The zero-order chi connectivity index (χ0) is 14.8. The molecule has 1 aliphatic rings. The predicted molar refractivity (Wildman–Crippen MR) is 78.9 cm³/mol. The van der Waals surface area contributed by atoms with Crippen molar-refractivity contribution in [1.82, 2.24) is 25.1 Å². The molecular formula is C15H23N5O. The van der Waals surface area contributed by atoms with Crippen molar-refractivity contribution in [1.29, 1.82) is 0 Å². The van der Waals surface area contributed by atoms with Crippen LogP contribution in [0.3, 0.4) is 0 Å². The van der Waals surface area contributed by atoms with Crippen LogP contribution in [0.5, 0.6) is 0 Å². The highest BCUT2D eigenvalue weighted by atomic mass is 16.4. The van der Waals surface area contributed by atoms with Gasteiger partial charge >= 0.3 is 0 Å². The second kappa shape index (κ2) is 5.97. The first kappa shape index (κ1) is 14.3. The number of hydrogen-bond acceptors (Lipinski definition) is 5. The predicted octanol–water partition coefficient (Wildman–Crippen LogP) is 1.80. The summed E-state index contributed by atoms with van der Waals surface area (Å²) in [5.74, 6) is 4.55. The standard InChI is InChI=1S/C15H23N5O/c1-4-13-18-19-14-6-5-12(9-20(13)14)7-16-8-15-17-10(2)11(3)21-15/h12,16H,4-9H2,1-3H3/t12-/m0/s1. The third-order valence-corrected chi connectivity index (χ3v) is 4.22. The van der Waals surface area contributed by atoms with Gasteiger partial charge in [-0.25, -0.2) is 4.98 Å². The fourth-order valence-corrected chi connectivity index (χ4v) is 2.88. The monoisotopic (exact) mass is 289 g/mol. The number of oxazole rings is 1. The van der Waals surface area contributed by atoms with Crippen molar-refractivity contribution in [2.45, 2.75) is 53.1 Å². The van der Waals surface area contributed by atoms with E-state index in [9.17, 15) is 0 Å². The van der Waals surface area contributed by atoms with Gasteiger partial charge in [0.2, 0.25) is 5.89 Å². The number of aromatic nitrogens is 4. The highest BCUT2D eigenvalue weighted by molar-refractivity contribution is 5.05. The Hall–Kier alpha value is -1.69. The van der Waals surface area contributed by atoms with E-state index in [-0.39, 0.29) is 0 Å². The Morgan fingerprint density at radius 2 is 2.19 bits per heavy atom. The van der Waals surface area contributed by atoms with Crippen molar-refractivity contribution in [3.8, 4) is 0 Å². The maximum atomic E-state index is 5.59. The number of hydrogen-bond donors (Lipinski definition) is 1. The van der Waals surface area contributed by atoms with Crippen LogP contribution >= 0.6 is 0 Å². The van der Waals surface area contributed by atoms with Crippen LogP contribution in [0.1, 0.15) is 42.3 Å². The molecule has 1 N–H and O–H groups in total. The first-order valence-corrected chi connectivity index (χ1v) is 7.72. The molecule has 0 aromatic carbocycles. The van der Waals surface area contributed by atoms with Gasteiger partial charge in [-0.3, -0.25) is 0 Å². The average molecular weight is 289 g/mol. The van der Waals surface area contributed by atoms with E-state index in [0.29, 0.717) is 12.5 Å². The lowest BCUT2D eigenvalue weighted by Crippen LogP contribution is -2.30. The fourth-order valence-electron chi connectivity index (χ4n) is 2.88. The molecule has 3 heterocycles. The van der Waals surface area contributed by atoms with Crippen LogP contribution in [0.4, 0.5) is 0 Å². The minimum atomic E-state index is 0.621. The van der Waals surface area contributed by atoms with Gasteiger partial charge in [0.25, 0.3) is 0 Å². The Morgan fingerprint density at radius 1 is 1.33 bits per heavy atom. The van der Waals surface area contributed by atoms with Crippen LogP contribution in [0, 0.1) is 19.8 Å². The van der Waals surface area contributed by atoms with Gasteiger partial charge in [-0.05, 0) is 26.2 Å². The third kappa shape index (κ3) is 3.00. The molecule has 0 aliphatic carbocycles. The molecule has 3 rings (SSSR count). The summed E-state index contributed by atoms with van der Waals surface area (Å²) in [6.07, 6.45) is 3.14. The van der Waals surface area contributed by atoms with Crippen LogP contribution in [-0.4, -0.2) is 26.3 Å². The topological polar surface area (TPSA) is 68.8 Å². The van der Waals surface area contributed by atoms with E-state index < -0.39 is 0 Å². The van der Waals surface area contributed by atoms with Gasteiger partial charge < -0.3 is 14.3 Å². The second-order valence-electron chi connectivity index (χ2n) is 5.78. The molecule has 6 heteroatoms. The van der Waals surface area contributed by atoms with E-state index in [2.05, 4.69) is 32.0 Å². The number of nitrogens with zero attached hydrogens (tertiary/aromatic N) is 4. The molecule has 0 unspecified atom stereocenters. The number of nitrogens with one attached hydrogen (secondary N) is 1. The van der Waals surface area contributed by atoms with E-state index in [1.165, 1.54) is 6.42 Å². The minimum absolute atomic E-state index is 0.621. The van der Waals surface area contributed by atoms with Crippen LogP contribution < -0.4 is 5.32 Å². The van der Waals surface area contributed by atoms with Crippen molar-refractivity contribution in [2.75, 3.05) is 6.54 Å². The first-order valence-electron chi connectivity index (χ1n) is 7.72. The molecule has 6 nitrogen and oxygen atoms in total. The number of rotatable bonds is 5. The van der Waals surface area contributed by atoms with E-state index in [1.54, 1.807) is 0 Å². The molecule has 0 spiro atoms. The van der Waals surface area contributed by atoms with Crippen molar-refractivity contribution in [3.05, 3.63) is 29.0 Å². The summed E-state index contributed by atoms with van der Waals surface area (Å²) in [7, 11) is 0. The van der Waals surface area contributed by atoms with Crippen molar-refractivity contribution < 1.29 is 4.42 Å². The Bertz CT molecular complexity index is 583. The first-order chi connectivity index (χ1) is 10.2. The van der Waals surface area contributed by atoms with Gasteiger partial charge in [-0.15, -0.1) is 10.2 Å². The Labute approximate surface area is 125 Å². The molecule has 2 aromatic heterocycles. The minimum Gasteiger partial charge on any atom is -0.444 e. The maximum absolute atomic E-state index is 5.59. The smallest absolute Gasteiger partial charge is 0.208 e. The molecule has 1 aliphatic heterocycles. The molecule has 114 valence electrons. The summed E-state index contributed by atoms with van der Waals surface area (Å²) in [4.78, 5) is 4.39. The van der Waals surface area contributed by atoms with Crippen LogP contribution in [0.25, 0.3) is 0 Å². The Morgan fingerprint density at radius 3 is 2.90 bits per heavy atom. The van der Waals surface area contributed by atoms with Crippen molar-refractivity contribution >= 4 is 0 Å². The van der Waals surface area contributed by atoms with Crippen LogP contribution in [0.2, 0.25) is 0 Å². The van der Waals surface area contributed by atoms with Gasteiger partial charge in [-0.1, -0.05) is 6.92 Å². The molecule has 0 amide bonds. The molecule has 0 radical (unpaired) electrons. The van der Waals surface area contributed by atoms with Gasteiger partial charge in [0, 0.05) is 25.9 Å². The molecule has 0 fully saturated rings. The SMILES string of the molecule is CCc1nnc2n1C[C@H](CNCc1nc(C)c(C)o1)CC2. The molecule has 0 bridgehead atoms. The van der Waals surface area contributed by atoms with Crippen molar-refractivity contribution in [3.63, 3.8) is 0 Å². The summed E-state index contributed by atoms with van der Waals surface area (Å²) in [5, 5.41) is 12.0. The van der Waals surface area contributed by atoms with Crippen LogP contribution in [-0.2, 0) is 25.9 Å². The molecule has 1 atom stereocenters. The lowest BCUT2D eigenvalue weighted by Gasteiger charge is -2.24. The summed E-state index contributed by atoms with van der Waals surface area (Å²) in [6, 6.07) is 0. The quantitative estimate of drug-likeness (QED) is 0.909. The van der Waals surface area contributed by atoms with Crippen LogP contribution in [0.15, 0.2) is 4.42 Å². The number of aryl methyl sites for hydroxylation is 4. The summed E-state index contributed by atoms with van der Waals surface area (Å²) in [6.45, 7) is 8.74. The normalized spacial score (nSPS) is 18.0. The van der Waals surface area contributed by atoms with E-state index in [1.807, 2.05) is 13.8 Å². The summed E-state index contributed by atoms with van der Waals surface area (Å²) in [5.41, 5.74) is 0.978. The Balaban J connectivity index is 1.53. The highest BCUT2D eigenvalue weighted by Crippen LogP contribution is 2.20. The van der Waals surface area contributed by atoms with Gasteiger partial charge in [0.15, 0.2) is 0 Å². The van der Waals surface area contributed by atoms with E-state index in [0.717, 1.165) is 54.9 Å². The van der Waals surface area contributed by atoms with Gasteiger partial charge in [0.1, 0.15) is 17.4 Å². The van der Waals surface area contributed by atoms with Gasteiger partial charge in [0.05, 0.1) is 12.2 Å². The molecule has 21 heavy (non-hydrogen) atoms. The zero-order valence-corrected chi connectivity index (χ0v) is 13.0. The fraction of sp³-hybridized carbons (Fsp3) is 0.667. The third-order valence-electron chi connectivity index (χ3n) is 4.22. The van der Waals surface area contributed by atoms with E-state index in [4.69, 9.17) is 4.42 Å². The largest absolute Gasteiger partial charge is 0.444 e. The Kier molecular flexibility index (Phi) is 4.05. The van der Waals surface area contributed by atoms with Gasteiger partial charge in [-0.2, -0.15) is 0 Å².